The maximum atomic E-state index is 12.8. The molecule has 2 aromatic carbocycles. The molecule has 0 aliphatic rings. The van der Waals surface area contributed by atoms with Crippen LogP contribution in [0, 0.1) is 0 Å². The fourth-order valence-electron chi connectivity index (χ4n) is 2.69. The van der Waals surface area contributed by atoms with Gasteiger partial charge in [0, 0.05) is 22.6 Å². The molecule has 4 rings (SSSR count). The molecule has 0 fully saturated rings. The van der Waals surface area contributed by atoms with Crippen LogP contribution in [0.4, 0.5) is 5.69 Å². The predicted octanol–water partition coefficient (Wildman–Crippen LogP) is 5.05. The summed E-state index contributed by atoms with van der Waals surface area (Å²) in [5.74, 6) is -0.160. The van der Waals surface area contributed by atoms with Gasteiger partial charge in [-0.15, -0.1) is 11.3 Å². The Morgan fingerprint density at radius 2 is 1.80 bits per heavy atom. The summed E-state index contributed by atoms with van der Waals surface area (Å²) in [7, 11) is 1.72. The summed E-state index contributed by atoms with van der Waals surface area (Å²) in [6.45, 7) is 0. The number of hydrogen-bond acceptors (Lipinski definition) is 4. The molecule has 0 aliphatic carbocycles. The van der Waals surface area contributed by atoms with E-state index < -0.39 is 5.63 Å². The van der Waals surface area contributed by atoms with Gasteiger partial charge in [-0.2, -0.15) is 0 Å². The summed E-state index contributed by atoms with van der Waals surface area (Å²) in [4.78, 5) is 27.1. The average Bonchev–Trinajstić information content (AvgIpc) is 3.07. The predicted molar refractivity (Wildman–Crippen MR) is 105 cm³/mol. The van der Waals surface area contributed by atoms with E-state index in [9.17, 15) is 9.59 Å². The van der Waals surface area contributed by atoms with Gasteiger partial charge in [0.1, 0.15) is 5.58 Å². The second kappa shape index (κ2) is 6.13. The van der Waals surface area contributed by atoms with Crippen molar-refractivity contribution in [3.63, 3.8) is 0 Å². The number of thiophene rings is 1. The van der Waals surface area contributed by atoms with Crippen molar-refractivity contribution in [3.05, 3.63) is 74.4 Å². The zero-order valence-electron chi connectivity index (χ0n) is 13.2. The van der Waals surface area contributed by atoms with Crippen LogP contribution in [0.15, 0.2) is 68.3 Å². The topological polar surface area (TPSA) is 50.5 Å². The van der Waals surface area contributed by atoms with Gasteiger partial charge in [-0.05, 0) is 42.5 Å². The Labute approximate surface area is 155 Å². The lowest BCUT2D eigenvalue weighted by Crippen LogP contribution is -2.25. The van der Waals surface area contributed by atoms with Crippen LogP contribution >= 0.6 is 27.3 Å². The first-order chi connectivity index (χ1) is 12.0. The molecule has 0 atom stereocenters. The average molecular weight is 414 g/mol. The number of benzene rings is 2. The first-order valence-electron chi connectivity index (χ1n) is 7.53. The van der Waals surface area contributed by atoms with Gasteiger partial charge in [-0.1, -0.05) is 28.1 Å². The largest absolute Gasteiger partial charge is 0.422 e. The third-order valence-corrected chi connectivity index (χ3v) is 5.70. The number of rotatable bonds is 2. The Morgan fingerprint density at radius 3 is 2.56 bits per heavy atom. The van der Waals surface area contributed by atoms with Gasteiger partial charge in [-0.3, -0.25) is 4.79 Å². The first kappa shape index (κ1) is 16.1. The van der Waals surface area contributed by atoms with Crippen LogP contribution in [0.2, 0.25) is 0 Å². The second-order valence-corrected chi connectivity index (χ2v) is 7.55. The van der Waals surface area contributed by atoms with Gasteiger partial charge in [0.15, 0.2) is 0 Å². The molecule has 0 spiro atoms. The van der Waals surface area contributed by atoms with Crippen LogP contribution in [0.1, 0.15) is 9.67 Å². The molecule has 0 aliphatic heterocycles. The molecule has 1 amide bonds. The number of para-hydroxylation sites is 1. The van der Waals surface area contributed by atoms with Crippen molar-refractivity contribution in [2.75, 3.05) is 11.9 Å². The van der Waals surface area contributed by atoms with Crippen LogP contribution in [0.3, 0.4) is 0 Å². The summed E-state index contributed by atoms with van der Waals surface area (Å²) in [6, 6.07) is 16.5. The number of nitrogens with zero attached hydrogens (tertiary/aromatic N) is 1. The van der Waals surface area contributed by atoms with Crippen LogP contribution < -0.4 is 10.5 Å². The van der Waals surface area contributed by atoms with E-state index in [1.165, 1.54) is 11.3 Å². The lowest BCUT2D eigenvalue weighted by molar-refractivity contribution is 0.0997. The maximum absolute atomic E-state index is 12.8. The van der Waals surface area contributed by atoms with Gasteiger partial charge < -0.3 is 9.32 Å². The molecule has 2 heterocycles. The van der Waals surface area contributed by atoms with E-state index >= 15 is 0 Å². The van der Waals surface area contributed by atoms with Gasteiger partial charge in [0.25, 0.3) is 5.91 Å². The standard InChI is InChI=1S/C19H12BrNO3S/c1-21(12-8-6-11(20)7-9-12)18(22)16-10-14-17(25-16)13-4-2-3-5-15(13)24-19(14)23/h2-10H,1H3. The molecule has 0 N–H and O–H groups in total. The number of anilines is 1. The lowest BCUT2D eigenvalue weighted by atomic mass is 10.2. The monoisotopic (exact) mass is 413 g/mol. The number of fused-ring (bicyclic) bond motifs is 3. The van der Waals surface area contributed by atoms with Crippen molar-refractivity contribution in [1.82, 2.24) is 0 Å². The van der Waals surface area contributed by atoms with Crippen molar-refractivity contribution < 1.29 is 9.21 Å². The summed E-state index contributed by atoms with van der Waals surface area (Å²) >= 11 is 4.70. The summed E-state index contributed by atoms with van der Waals surface area (Å²) in [5, 5.41) is 1.28. The maximum Gasteiger partial charge on any atom is 0.345 e. The highest BCUT2D eigenvalue weighted by molar-refractivity contribution is 9.10. The van der Waals surface area contributed by atoms with Gasteiger partial charge in [-0.25, -0.2) is 4.79 Å². The quantitative estimate of drug-likeness (QED) is 0.432. The van der Waals surface area contributed by atoms with Crippen molar-refractivity contribution >= 4 is 59.9 Å². The van der Waals surface area contributed by atoms with E-state index in [0.29, 0.717) is 15.8 Å². The van der Waals surface area contributed by atoms with E-state index in [4.69, 9.17) is 4.42 Å². The minimum atomic E-state index is -0.421. The molecule has 0 radical (unpaired) electrons. The third kappa shape index (κ3) is 2.77. The molecule has 0 saturated carbocycles. The fourth-order valence-corrected chi connectivity index (χ4v) is 4.11. The minimum Gasteiger partial charge on any atom is -0.422 e. The van der Waals surface area contributed by atoms with Crippen molar-refractivity contribution in [2.24, 2.45) is 0 Å². The smallest absolute Gasteiger partial charge is 0.345 e. The van der Waals surface area contributed by atoms with Gasteiger partial charge >= 0.3 is 5.63 Å². The van der Waals surface area contributed by atoms with E-state index in [2.05, 4.69) is 15.9 Å². The third-order valence-electron chi connectivity index (χ3n) is 4.02. The van der Waals surface area contributed by atoms with E-state index in [-0.39, 0.29) is 5.91 Å². The molecule has 2 aromatic heterocycles. The highest BCUT2D eigenvalue weighted by Crippen LogP contribution is 2.31. The Hall–Kier alpha value is -2.44. The number of amides is 1. The zero-order valence-corrected chi connectivity index (χ0v) is 15.6. The summed E-state index contributed by atoms with van der Waals surface area (Å²) < 4.78 is 7.07. The highest BCUT2D eigenvalue weighted by atomic mass is 79.9. The lowest BCUT2D eigenvalue weighted by Gasteiger charge is -2.16. The Bertz CT molecular complexity index is 1160. The van der Waals surface area contributed by atoms with Crippen LogP contribution in [-0.4, -0.2) is 13.0 Å². The zero-order chi connectivity index (χ0) is 17.6. The van der Waals surface area contributed by atoms with Crippen molar-refractivity contribution in [3.8, 4) is 0 Å². The molecule has 0 saturated heterocycles. The number of carbonyl (C=O) groups excluding carboxylic acids is 1. The normalized spacial score (nSPS) is 11.1. The SMILES string of the molecule is CN(C(=O)c1cc2c(=O)oc3ccccc3c2s1)c1ccc(Br)cc1. The van der Waals surface area contributed by atoms with Crippen molar-refractivity contribution in [1.29, 1.82) is 0 Å². The number of carbonyl (C=O) groups is 1. The van der Waals surface area contributed by atoms with Crippen LogP contribution in [0.5, 0.6) is 0 Å². The van der Waals surface area contributed by atoms with Gasteiger partial charge in [0.2, 0.25) is 0 Å². The van der Waals surface area contributed by atoms with E-state index in [1.807, 2.05) is 42.5 Å². The first-order valence-corrected chi connectivity index (χ1v) is 9.14. The molecule has 25 heavy (non-hydrogen) atoms. The second-order valence-electron chi connectivity index (χ2n) is 5.58. The van der Waals surface area contributed by atoms with Crippen molar-refractivity contribution in [2.45, 2.75) is 0 Å². The highest BCUT2D eigenvalue weighted by Gasteiger charge is 2.19. The van der Waals surface area contributed by atoms with Crippen LogP contribution in [0.25, 0.3) is 21.1 Å². The summed E-state index contributed by atoms with van der Waals surface area (Å²) in [5.41, 5.74) is 0.889. The Morgan fingerprint density at radius 1 is 1.08 bits per heavy atom. The van der Waals surface area contributed by atoms with E-state index in [0.717, 1.165) is 20.2 Å². The summed E-state index contributed by atoms with van der Waals surface area (Å²) in [6.07, 6.45) is 0. The number of halogens is 1. The fraction of sp³-hybridized carbons (Fsp3) is 0.0526. The molecular weight excluding hydrogens is 402 g/mol. The molecule has 124 valence electrons. The van der Waals surface area contributed by atoms with Gasteiger partial charge in [0.05, 0.1) is 15.0 Å². The Kier molecular flexibility index (Phi) is 3.94. The van der Waals surface area contributed by atoms with Crippen LogP contribution in [-0.2, 0) is 0 Å². The molecule has 4 nitrogen and oxygen atoms in total. The molecule has 0 bridgehead atoms. The minimum absolute atomic E-state index is 0.160. The Balaban J connectivity index is 1.82. The molecule has 4 aromatic rings. The molecular formula is C19H12BrNO3S. The van der Waals surface area contributed by atoms with E-state index in [1.54, 1.807) is 24.1 Å². The molecule has 6 heteroatoms. The molecule has 0 unspecified atom stereocenters. The number of hydrogen-bond donors (Lipinski definition) is 0.